The Morgan fingerprint density at radius 1 is 1.12 bits per heavy atom. The third-order valence-corrected chi connectivity index (χ3v) is 6.42. The first-order chi connectivity index (χ1) is 15.7. The number of Topliss-reactive ketones (excluding diaryl/α,β-unsaturated/α-hetero) is 1. The molecule has 0 aromatic heterocycles. The Bertz CT molecular complexity index is 996. The SMILES string of the molecule is COc1ccc(CCN(C)CCCC(C#N)(c2ccc(OC)c(C(C)=O)c2)C(C)C)cc1O. The van der Waals surface area contributed by atoms with E-state index in [2.05, 4.69) is 31.9 Å². The molecule has 0 aliphatic rings. The van der Waals surface area contributed by atoms with Crippen LogP contribution in [0.15, 0.2) is 36.4 Å². The molecule has 2 aromatic carbocycles. The molecule has 6 nitrogen and oxygen atoms in total. The average Bonchev–Trinajstić information content (AvgIpc) is 2.80. The molecule has 0 aliphatic carbocycles. The first-order valence-electron chi connectivity index (χ1n) is 11.3. The van der Waals surface area contributed by atoms with Gasteiger partial charge in [0.25, 0.3) is 0 Å². The fraction of sp³-hybridized carbons (Fsp3) is 0.481. The van der Waals surface area contributed by atoms with Crippen molar-refractivity contribution in [2.75, 3.05) is 34.4 Å². The molecule has 0 bridgehead atoms. The van der Waals surface area contributed by atoms with Crippen LogP contribution in [-0.4, -0.2) is 50.1 Å². The van der Waals surface area contributed by atoms with E-state index in [-0.39, 0.29) is 17.5 Å². The van der Waals surface area contributed by atoms with Crippen molar-refractivity contribution in [3.05, 3.63) is 53.1 Å². The summed E-state index contributed by atoms with van der Waals surface area (Å²) in [5, 5.41) is 20.2. The monoisotopic (exact) mass is 452 g/mol. The highest BCUT2D eigenvalue weighted by Crippen LogP contribution is 2.38. The van der Waals surface area contributed by atoms with Gasteiger partial charge in [-0.1, -0.05) is 26.0 Å². The highest BCUT2D eigenvalue weighted by Gasteiger charge is 2.36. The van der Waals surface area contributed by atoms with E-state index in [9.17, 15) is 15.2 Å². The van der Waals surface area contributed by atoms with E-state index in [4.69, 9.17) is 9.47 Å². The number of methoxy groups -OCH3 is 2. The summed E-state index contributed by atoms with van der Waals surface area (Å²) in [6, 6.07) is 13.6. The lowest BCUT2D eigenvalue weighted by atomic mass is 9.69. The molecule has 6 heteroatoms. The number of phenolic OH excluding ortho intramolecular Hbond substituents is 1. The van der Waals surface area contributed by atoms with Gasteiger partial charge >= 0.3 is 0 Å². The van der Waals surface area contributed by atoms with Crippen LogP contribution in [0.1, 0.15) is 55.1 Å². The van der Waals surface area contributed by atoms with E-state index in [0.29, 0.717) is 23.5 Å². The number of aromatic hydroxyl groups is 1. The maximum Gasteiger partial charge on any atom is 0.163 e. The quantitative estimate of drug-likeness (QED) is 0.457. The number of hydrogen-bond donors (Lipinski definition) is 1. The first kappa shape index (κ1) is 26.2. The Kier molecular flexibility index (Phi) is 9.31. The third-order valence-electron chi connectivity index (χ3n) is 6.42. The normalized spacial score (nSPS) is 12.9. The van der Waals surface area contributed by atoms with Crippen LogP contribution in [0.25, 0.3) is 0 Å². The number of nitrogens with zero attached hydrogens (tertiary/aromatic N) is 2. The maximum atomic E-state index is 12.1. The standard InChI is InChI=1S/C27H36N2O4/c1-19(2)27(18-28,22-9-11-25(32-5)23(17-22)20(3)30)13-7-14-29(4)15-12-21-8-10-26(33-6)24(31)16-21/h8-11,16-17,19,31H,7,12-15H2,1-6H3. The molecule has 178 valence electrons. The summed E-state index contributed by atoms with van der Waals surface area (Å²) in [7, 11) is 5.15. The summed E-state index contributed by atoms with van der Waals surface area (Å²) in [5.41, 5.74) is 1.74. The van der Waals surface area contributed by atoms with Crippen molar-refractivity contribution in [2.45, 2.75) is 45.4 Å². The number of phenols is 1. The van der Waals surface area contributed by atoms with Crippen LogP contribution in [-0.2, 0) is 11.8 Å². The Hall–Kier alpha value is -3.04. The van der Waals surface area contributed by atoms with Gasteiger partial charge in [0.2, 0.25) is 0 Å². The second kappa shape index (κ2) is 11.7. The minimum atomic E-state index is -0.681. The molecule has 0 amide bonds. The van der Waals surface area contributed by atoms with Crippen molar-refractivity contribution in [3.8, 4) is 23.3 Å². The topological polar surface area (TPSA) is 82.8 Å². The van der Waals surface area contributed by atoms with Gasteiger partial charge in [0, 0.05) is 6.54 Å². The number of rotatable bonds is 12. The highest BCUT2D eigenvalue weighted by molar-refractivity contribution is 5.97. The van der Waals surface area contributed by atoms with Crippen LogP contribution in [0.4, 0.5) is 0 Å². The number of likely N-dealkylation sites (N-methyl/N-ethyl adjacent to an activating group) is 1. The molecule has 2 rings (SSSR count). The van der Waals surface area contributed by atoms with Crippen molar-refractivity contribution >= 4 is 5.78 Å². The molecule has 0 fully saturated rings. The lowest BCUT2D eigenvalue weighted by Gasteiger charge is -2.32. The summed E-state index contributed by atoms with van der Waals surface area (Å²) in [6.07, 6.45) is 2.35. The van der Waals surface area contributed by atoms with Crippen LogP contribution in [0.2, 0.25) is 0 Å². The van der Waals surface area contributed by atoms with E-state index < -0.39 is 5.41 Å². The largest absolute Gasteiger partial charge is 0.504 e. The van der Waals surface area contributed by atoms with Gasteiger partial charge in [-0.05, 0) is 81.1 Å². The highest BCUT2D eigenvalue weighted by atomic mass is 16.5. The lowest BCUT2D eigenvalue weighted by Crippen LogP contribution is -2.33. The smallest absolute Gasteiger partial charge is 0.163 e. The molecule has 0 spiro atoms. The van der Waals surface area contributed by atoms with Crippen LogP contribution in [0.5, 0.6) is 17.2 Å². The van der Waals surface area contributed by atoms with Gasteiger partial charge in [-0.3, -0.25) is 4.79 Å². The first-order valence-corrected chi connectivity index (χ1v) is 11.3. The zero-order chi connectivity index (χ0) is 24.6. The molecule has 1 unspecified atom stereocenters. The molecule has 2 aromatic rings. The van der Waals surface area contributed by atoms with Crippen molar-refractivity contribution in [3.63, 3.8) is 0 Å². The number of carbonyl (C=O) groups excluding carboxylic acids is 1. The number of carbonyl (C=O) groups is 1. The number of ether oxygens (including phenoxy) is 2. The fourth-order valence-corrected chi connectivity index (χ4v) is 4.23. The fourth-order valence-electron chi connectivity index (χ4n) is 4.23. The second-order valence-electron chi connectivity index (χ2n) is 8.87. The van der Waals surface area contributed by atoms with E-state index in [1.54, 1.807) is 25.3 Å². The molecular formula is C27H36N2O4. The van der Waals surface area contributed by atoms with Gasteiger partial charge < -0.3 is 19.5 Å². The third kappa shape index (κ3) is 6.27. The average molecular weight is 453 g/mol. The van der Waals surface area contributed by atoms with E-state index >= 15 is 0 Å². The van der Waals surface area contributed by atoms with Gasteiger partial charge in [-0.25, -0.2) is 0 Å². The predicted octanol–water partition coefficient (Wildman–Crippen LogP) is 4.98. The Morgan fingerprint density at radius 3 is 2.33 bits per heavy atom. The second-order valence-corrected chi connectivity index (χ2v) is 8.87. The van der Waals surface area contributed by atoms with Crippen molar-refractivity contribution in [1.29, 1.82) is 5.26 Å². The number of nitriles is 1. The zero-order valence-electron chi connectivity index (χ0n) is 20.6. The van der Waals surface area contributed by atoms with Crippen molar-refractivity contribution in [2.24, 2.45) is 5.92 Å². The molecule has 0 radical (unpaired) electrons. The van der Waals surface area contributed by atoms with Gasteiger partial charge in [0.15, 0.2) is 17.3 Å². The van der Waals surface area contributed by atoms with Crippen LogP contribution < -0.4 is 9.47 Å². The predicted molar refractivity (Wildman–Crippen MR) is 130 cm³/mol. The van der Waals surface area contributed by atoms with Gasteiger partial charge in [-0.2, -0.15) is 5.26 Å². The lowest BCUT2D eigenvalue weighted by molar-refractivity contribution is 0.101. The zero-order valence-corrected chi connectivity index (χ0v) is 20.6. The molecule has 0 saturated heterocycles. The summed E-state index contributed by atoms with van der Waals surface area (Å²) in [6.45, 7) is 7.31. The summed E-state index contributed by atoms with van der Waals surface area (Å²) < 4.78 is 10.4. The Labute approximate surface area is 197 Å². The minimum Gasteiger partial charge on any atom is -0.504 e. The molecule has 0 saturated carbocycles. The molecule has 1 N–H and O–H groups in total. The van der Waals surface area contributed by atoms with Crippen LogP contribution in [0.3, 0.4) is 0 Å². The molecule has 33 heavy (non-hydrogen) atoms. The molecule has 1 atom stereocenters. The number of benzene rings is 2. The van der Waals surface area contributed by atoms with Crippen LogP contribution >= 0.6 is 0 Å². The molecule has 0 heterocycles. The molecule has 0 aliphatic heterocycles. The van der Waals surface area contributed by atoms with E-state index in [1.807, 2.05) is 18.2 Å². The maximum absolute atomic E-state index is 12.1. The van der Waals surface area contributed by atoms with E-state index in [1.165, 1.54) is 14.0 Å². The van der Waals surface area contributed by atoms with Gasteiger partial charge in [0.1, 0.15) is 5.75 Å². The Balaban J connectivity index is 2.06. The van der Waals surface area contributed by atoms with Crippen molar-refractivity contribution < 1.29 is 19.4 Å². The summed E-state index contributed by atoms with van der Waals surface area (Å²) in [5.74, 6) is 1.17. The van der Waals surface area contributed by atoms with Crippen LogP contribution in [0, 0.1) is 17.2 Å². The Morgan fingerprint density at radius 2 is 1.79 bits per heavy atom. The van der Waals surface area contributed by atoms with Gasteiger partial charge in [-0.15, -0.1) is 0 Å². The number of hydrogen-bond acceptors (Lipinski definition) is 6. The minimum absolute atomic E-state index is 0.0754. The number of ketones is 1. The summed E-state index contributed by atoms with van der Waals surface area (Å²) >= 11 is 0. The molecular weight excluding hydrogens is 416 g/mol. The van der Waals surface area contributed by atoms with E-state index in [0.717, 1.165) is 37.1 Å². The summed E-state index contributed by atoms with van der Waals surface area (Å²) in [4.78, 5) is 14.4. The van der Waals surface area contributed by atoms with Crippen molar-refractivity contribution in [1.82, 2.24) is 4.90 Å². The van der Waals surface area contributed by atoms with Gasteiger partial charge in [0.05, 0.1) is 31.3 Å².